The van der Waals surface area contributed by atoms with Crippen LogP contribution in [0.2, 0.25) is 0 Å². The van der Waals surface area contributed by atoms with Gasteiger partial charge in [-0.2, -0.15) is 5.26 Å². The van der Waals surface area contributed by atoms with E-state index in [9.17, 15) is 4.79 Å². The lowest BCUT2D eigenvalue weighted by atomic mass is 10.2. The van der Waals surface area contributed by atoms with E-state index in [0.717, 1.165) is 0 Å². The second kappa shape index (κ2) is 4.01. The van der Waals surface area contributed by atoms with Crippen LogP contribution in [0.25, 0.3) is 0 Å². The van der Waals surface area contributed by atoms with Gasteiger partial charge >= 0.3 is 0 Å². The number of rotatable bonds is 2. The zero-order valence-corrected chi connectivity index (χ0v) is 8.21. The molecule has 0 amide bonds. The Labute approximate surface area is 83.5 Å². The molecule has 1 aromatic rings. The van der Waals surface area contributed by atoms with Gasteiger partial charge in [0.2, 0.25) is 0 Å². The third kappa shape index (κ3) is 2.04. The van der Waals surface area contributed by atoms with Crippen LogP contribution in [0.5, 0.6) is 0 Å². The number of Topliss-reactive ketones (excluding diaryl/α,β-unsaturated/α-hetero) is 1. The zero-order chi connectivity index (χ0) is 9.84. The molecule has 1 rings (SSSR count). The SMILES string of the molecule is N#Cc1cc(C(=O)CBr)ncc1N. The van der Waals surface area contributed by atoms with Crippen LogP contribution in [0.3, 0.4) is 0 Å². The largest absolute Gasteiger partial charge is 0.396 e. The molecule has 0 aliphatic rings. The molecule has 1 heterocycles. The quantitative estimate of drug-likeness (QED) is 0.620. The molecule has 0 spiro atoms. The number of nitriles is 1. The Morgan fingerprint density at radius 1 is 1.77 bits per heavy atom. The number of hydrogen-bond acceptors (Lipinski definition) is 4. The maximum atomic E-state index is 11.1. The first-order valence-corrected chi connectivity index (χ1v) is 4.56. The summed E-state index contributed by atoms with van der Waals surface area (Å²) in [5, 5.41) is 8.81. The van der Waals surface area contributed by atoms with Gasteiger partial charge in [0.05, 0.1) is 22.8 Å². The minimum atomic E-state index is -0.170. The predicted molar refractivity (Wildman–Crippen MR) is 51.5 cm³/mol. The van der Waals surface area contributed by atoms with Gasteiger partial charge in [-0.3, -0.25) is 9.78 Å². The van der Waals surface area contributed by atoms with Crippen LogP contribution in [0.4, 0.5) is 5.69 Å². The number of nitrogen functional groups attached to an aromatic ring is 1. The second-order valence-electron chi connectivity index (χ2n) is 2.33. The fourth-order valence-electron chi connectivity index (χ4n) is 0.784. The molecule has 0 radical (unpaired) electrons. The molecule has 0 saturated carbocycles. The number of alkyl halides is 1. The fourth-order valence-corrected chi connectivity index (χ4v) is 1.07. The van der Waals surface area contributed by atoms with Gasteiger partial charge in [0.1, 0.15) is 11.8 Å². The molecule has 0 atom stereocenters. The van der Waals surface area contributed by atoms with Crippen LogP contribution in [0.1, 0.15) is 16.1 Å². The first-order valence-electron chi connectivity index (χ1n) is 3.44. The number of carbonyl (C=O) groups excluding carboxylic acids is 1. The topological polar surface area (TPSA) is 79.8 Å². The molecule has 1 aromatic heterocycles. The first kappa shape index (κ1) is 9.68. The average molecular weight is 240 g/mol. The Kier molecular flexibility index (Phi) is 2.98. The summed E-state index contributed by atoms with van der Waals surface area (Å²) < 4.78 is 0. The number of aromatic nitrogens is 1. The summed E-state index contributed by atoms with van der Waals surface area (Å²) in [7, 11) is 0. The summed E-state index contributed by atoms with van der Waals surface area (Å²) in [5.41, 5.74) is 6.25. The van der Waals surface area contributed by atoms with Gasteiger partial charge in [-0.25, -0.2) is 0 Å². The number of nitrogens with two attached hydrogens (primary N) is 1. The maximum absolute atomic E-state index is 11.1. The number of pyridine rings is 1. The van der Waals surface area contributed by atoms with Gasteiger partial charge in [0.15, 0.2) is 5.78 Å². The van der Waals surface area contributed by atoms with Crippen molar-refractivity contribution in [2.75, 3.05) is 11.1 Å². The van der Waals surface area contributed by atoms with Crippen molar-refractivity contribution in [1.29, 1.82) is 5.26 Å². The molecular formula is C8H6BrN3O. The van der Waals surface area contributed by atoms with Crippen LogP contribution >= 0.6 is 15.9 Å². The van der Waals surface area contributed by atoms with Crippen molar-refractivity contribution in [3.05, 3.63) is 23.5 Å². The highest BCUT2D eigenvalue weighted by atomic mass is 79.9. The van der Waals surface area contributed by atoms with Crippen LogP contribution in [-0.2, 0) is 0 Å². The molecule has 0 aromatic carbocycles. The van der Waals surface area contributed by atoms with Crippen molar-refractivity contribution < 1.29 is 4.79 Å². The third-order valence-electron chi connectivity index (χ3n) is 1.46. The lowest BCUT2D eigenvalue weighted by Crippen LogP contribution is -2.05. The van der Waals surface area contributed by atoms with Gasteiger partial charge < -0.3 is 5.73 Å². The van der Waals surface area contributed by atoms with Crippen LogP contribution in [0, 0.1) is 11.3 Å². The van der Waals surface area contributed by atoms with E-state index in [4.69, 9.17) is 11.0 Å². The second-order valence-corrected chi connectivity index (χ2v) is 2.89. The summed E-state index contributed by atoms with van der Waals surface area (Å²) in [5.74, 6) is -0.170. The zero-order valence-electron chi connectivity index (χ0n) is 6.62. The Morgan fingerprint density at radius 2 is 2.46 bits per heavy atom. The molecule has 0 aliphatic carbocycles. The maximum Gasteiger partial charge on any atom is 0.191 e. The van der Waals surface area contributed by atoms with Gasteiger partial charge in [-0.15, -0.1) is 0 Å². The highest BCUT2D eigenvalue weighted by molar-refractivity contribution is 9.09. The molecule has 66 valence electrons. The molecule has 0 saturated heterocycles. The number of halogens is 1. The third-order valence-corrected chi connectivity index (χ3v) is 1.97. The molecular weight excluding hydrogens is 234 g/mol. The molecule has 13 heavy (non-hydrogen) atoms. The van der Waals surface area contributed by atoms with Crippen LogP contribution in [-0.4, -0.2) is 16.1 Å². The summed E-state index contributed by atoms with van der Waals surface area (Å²) in [6.45, 7) is 0. The molecule has 5 heteroatoms. The number of carbonyl (C=O) groups is 1. The Morgan fingerprint density at radius 3 is 3.00 bits per heavy atom. The molecule has 0 bridgehead atoms. The van der Waals surface area contributed by atoms with Gasteiger partial charge in [-0.05, 0) is 6.07 Å². The molecule has 2 N–H and O–H groups in total. The van der Waals surface area contributed by atoms with E-state index in [1.54, 1.807) is 0 Å². The molecule has 0 unspecified atom stereocenters. The standard InChI is InChI=1S/C8H6BrN3O/c9-2-8(13)7-1-5(3-10)6(11)4-12-7/h1,4H,2,11H2. The number of ketones is 1. The Balaban J connectivity index is 3.15. The van der Waals surface area contributed by atoms with Crippen LogP contribution < -0.4 is 5.73 Å². The van der Waals surface area contributed by atoms with Gasteiger partial charge in [0, 0.05) is 0 Å². The van der Waals surface area contributed by atoms with E-state index in [2.05, 4.69) is 20.9 Å². The summed E-state index contributed by atoms with van der Waals surface area (Å²) >= 11 is 3.01. The number of hydrogen-bond donors (Lipinski definition) is 1. The Bertz CT molecular complexity index is 383. The van der Waals surface area contributed by atoms with Crippen molar-refractivity contribution in [2.45, 2.75) is 0 Å². The molecule has 4 nitrogen and oxygen atoms in total. The lowest BCUT2D eigenvalue weighted by Gasteiger charge is -1.99. The molecule has 0 aliphatic heterocycles. The minimum Gasteiger partial charge on any atom is -0.396 e. The Hall–Kier alpha value is -1.41. The highest BCUT2D eigenvalue weighted by Gasteiger charge is 2.07. The van der Waals surface area contributed by atoms with Crippen molar-refractivity contribution in [3.63, 3.8) is 0 Å². The van der Waals surface area contributed by atoms with E-state index >= 15 is 0 Å². The minimum absolute atomic E-state index is 0.170. The van der Waals surface area contributed by atoms with E-state index in [-0.39, 0.29) is 28.1 Å². The number of anilines is 1. The number of nitrogens with zero attached hydrogens (tertiary/aromatic N) is 2. The average Bonchev–Trinajstić information content (AvgIpc) is 2.17. The monoisotopic (exact) mass is 239 g/mol. The summed E-state index contributed by atoms with van der Waals surface area (Å²) in [4.78, 5) is 14.9. The summed E-state index contributed by atoms with van der Waals surface area (Å²) in [6.07, 6.45) is 1.31. The van der Waals surface area contributed by atoms with E-state index < -0.39 is 0 Å². The lowest BCUT2D eigenvalue weighted by molar-refractivity contribution is 0.101. The van der Waals surface area contributed by atoms with Crippen molar-refractivity contribution in [1.82, 2.24) is 4.98 Å². The van der Waals surface area contributed by atoms with Crippen LogP contribution in [0.15, 0.2) is 12.3 Å². The molecule has 0 fully saturated rings. The normalized spacial score (nSPS) is 9.23. The highest BCUT2D eigenvalue weighted by Crippen LogP contribution is 2.10. The van der Waals surface area contributed by atoms with Crippen molar-refractivity contribution >= 4 is 27.4 Å². The predicted octanol–water partition coefficient (Wildman–Crippen LogP) is 1.11. The summed E-state index contributed by atoms with van der Waals surface area (Å²) in [6, 6.07) is 3.27. The first-order chi connectivity index (χ1) is 6.19. The van der Waals surface area contributed by atoms with Crippen molar-refractivity contribution in [2.24, 2.45) is 0 Å². The van der Waals surface area contributed by atoms with E-state index in [1.165, 1.54) is 12.3 Å². The smallest absolute Gasteiger partial charge is 0.191 e. The van der Waals surface area contributed by atoms with Gasteiger partial charge in [0.25, 0.3) is 0 Å². The van der Waals surface area contributed by atoms with E-state index in [0.29, 0.717) is 0 Å². The van der Waals surface area contributed by atoms with Crippen molar-refractivity contribution in [3.8, 4) is 6.07 Å². The fraction of sp³-hybridized carbons (Fsp3) is 0.125. The van der Waals surface area contributed by atoms with Gasteiger partial charge in [-0.1, -0.05) is 15.9 Å². The van der Waals surface area contributed by atoms with E-state index in [1.807, 2.05) is 6.07 Å².